The lowest BCUT2D eigenvalue weighted by atomic mass is 9.99. The van der Waals surface area contributed by atoms with Crippen molar-refractivity contribution in [3.8, 4) is 35.2 Å². The van der Waals surface area contributed by atoms with Crippen LogP contribution in [0.5, 0.6) is 11.5 Å². The zero-order valence-electron chi connectivity index (χ0n) is 23.7. The Balaban J connectivity index is 0.000000400. The Labute approximate surface area is 237 Å². The van der Waals surface area contributed by atoms with Crippen LogP contribution < -0.4 is 9.47 Å². The molecule has 0 amide bonds. The molecule has 0 aliphatic heterocycles. The van der Waals surface area contributed by atoms with E-state index >= 15 is 0 Å². The van der Waals surface area contributed by atoms with E-state index < -0.39 is 6.10 Å². The minimum atomic E-state index is -0.883. The van der Waals surface area contributed by atoms with Crippen molar-refractivity contribution in [2.75, 3.05) is 55.2 Å². The summed E-state index contributed by atoms with van der Waals surface area (Å²) in [5.74, 6) is 11.8. The van der Waals surface area contributed by atoms with Crippen LogP contribution in [0.1, 0.15) is 33.2 Å². The fraction of sp³-hybridized carbons (Fsp3) is 0.344. The molecule has 2 aromatic carbocycles. The van der Waals surface area contributed by atoms with Gasteiger partial charge >= 0.3 is 0 Å². The van der Waals surface area contributed by atoms with Crippen molar-refractivity contribution < 1.29 is 38.3 Å². The van der Waals surface area contributed by atoms with Gasteiger partial charge in [0.05, 0.1) is 14.2 Å². The van der Waals surface area contributed by atoms with Crippen molar-refractivity contribution in [2.24, 2.45) is 0 Å². The number of hydrogen-bond acceptors (Lipinski definition) is 8. The molecule has 1 unspecified atom stereocenters. The summed E-state index contributed by atoms with van der Waals surface area (Å²) in [6.45, 7) is 8.12. The average Bonchev–Trinajstić information content (AvgIpc) is 2.97. The first-order chi connectivity index (χ1) is 19.5. The van der Waals surface area contributed by atoms with Crippen molar-refractivity contribution in [1.82, 2.24) is 0 Å². The van der Waals surface area contributed by atoms with Gasteiger partial charge < -0.3 is 33.5 Å². The molecule has 1 N–H and O–H groups in total. The Morgan fingerprint density at radius 2 is 1.40 bits per heavy atom. The molecule has 0 aliphatic carbocycles. The lowest BCUT2D eigenvalue weighted by Crippen LogP contribution is -2.04. The third-order valence-corrected chi connectivity index (χ3v) is 5.17. The van der Waals surface area contributed by atoms with E-state index in [1.165, 1.54) is 7.11 Å². The van der Waals surface area contributed by atoms with Crippen LogP contribution in [0, 0.1) is 23.7 Å². The second kappa shape index (κ2) is 21.0. The summed E-state index contributed by atoms with van der Waals surface area (Å²) in [6, 6.07) is 10.8. The molecule has 8 nitrogen and oxygen atoms in total. The van der Waals surface area contributed by atoms with Crippen molar-refractivity contribution in [3.05, 3.63) is 84.0 Å². The highest BCUT2D eigenvalue weighted by molar-refractivity contribution is 6.10. The van der Waals surface area contributed by atoms with E-state index in [1.54, 1.807) is 45.6 Å². The SMILES string of the molecule is C=CCc1c(OC)cccc1C(=O)C#CCOCOC.C=CCc1c(OC)cccc1C(O)C#CCOCOC. The zero-order valence-corrected chi connectivity index (χ0v) is 23.7. The van der Waals surface area contributed by atoms with E-state index in [-0.39, 0.29) is 32.6 Å². The molecule has 0 aliphatic rings. The summed E-state index contributed by atoms with van der Waals surface area (Å²) < 4.78 is 30.0. The minimum absolute atomic E-state index is 0.153. The second-order valence-electron chi connectivity index (χ2n) is 7.86. The van der Waals surface area contributed by atoms with Crippen molar-refractivity contribution >= 4 is 5.78 Å². The maximum atomic E-state index is 12.1. The predicted octanol–water partition coefficient (Wildman–Crippen LogP) is 4.31. The normalized spacial score (nSPS) is 10.4. The van der Waals surface area contributed by atoms with Crippen LogP contribution in [0.4, 0.5) is 0 Å². The number of rotatable bonds is 14. The van der Waals surface area contributed by atoms with Gasteiger partial charge in [-0.25, -0.2) is 0 Å². The Morgan fingerprint density at radius 1 is 0.850 bits per heavy atom. The van der Waals surface area contributed by atoms with Crippen LogP contribution in [0.25, 0.3) is 0 Å². The van der Waals surface area contributed by atoms with Crippen LogP contribution in [-0.4, -0.2) is 66.1 Å². The number of carbonyl (C=O) groups is 1. The number of aliphatic hydroxyl groups excluding tert-OH is 1. The molecule has 8 heteroatoms. The molecule has 0 spiro atoms. The topological polar surface area (TPSA) is 92.7 Å². The van der Waals surface area contributed by atoms with Gasteiger partial charge in [-0.2, -0.15) is 0 Å². The maximum Gasteiger partial charge on any atom is 0.236 e. The molecule has 2 aromatic rings. The molecule has 0 bridgehead atoms. The van der Waals surface area contributed by atoms with E-state index in [0.29, 0.717) is 24.2 Å². The van der Waals surface area contributed by atoms with Crippen molar-refractivity contribution in [1.29, 1.82) is 0 Å². The molecule has 0 radical (unpaired) electrons. The van der Waals surface area contributed by atoms with E-state index in [9.17, 15) is 9.90 Å². The zero-order chi connectivity index (χ0) is 29.6. The van der Waals surface area contributed by atoms with Crippen LogP contribution in [0.3, 0.4) is 0 Å². The maximum absolute atomic E-state index is 12.1. The first-order valence-corrected chi connectivity index (χ1v) is 12.3. The van der Waals surface area contributed by atoms with E-state index in [0.717, 1.165) is 22.4 Å². The summed E-state index contributed by atoms with van der Waals surface area (Å²) in [4.78, 5) is 12.1. The molecule has 0 fully saturated rings. The third kappa shape index (κ3) is 11.9. The number of aliphatic hydroxyl groups is 1. The van der Waals surface area contributed by atoms with Gasteiger partial charge in [0, 0.05) is 30.9 Å². The second-order valence-corrected chi connectivity index (χ2v) is 7.86. The number of carbonyl (C=O) groups excluding carboxylic acids is 1. The van der Waals surface area contributed by atoms with Gasteiger partial charge in [0.15, 0.2) is 0 Å². The summed E-state index contributed by atoms with van der Waals surface area (Å²) in [6.07, 6.45) is 3.77. The largest absolute Gasteiger partial charge is 0.496 e. The van der Waals surface area contributed by atoms with Gasteiger partial charge in [0.1, 0.15) is 44.4 Å². The van der Waals surface area contributed by atoms with Crippen LogP contribution in [-0.2, 0) is 31.8 Å². The van der Waals surface area contributed by atoms with E-state index in [1.807, 2.05) is 24.3 Å². The van der Waals surface area contributed by atoms with Gasteiger partial charge in [-0.3, -0.25) is 4.79 Å². The number of methoxy groups -OCH3 is 4. The lowest BCUT2D eigenvalue weighted by Gasteiger charge is -2.14. The predicted molar refractivity (Wildman–Crippen MR) is 154 cm³/mol. The van der Waals surface area contributed by atoms with Crippen LogP contribution in [0.15, 0.2) is 61.7 Å². The van der Waals surface area contributed by atoms with Gasteiger partial charge in [-0.05, 0) is 42.5 Å². The molecule has 2 rings (SSSR count). The van der Waals surface area contributed by atoms with Gasteiger partial charge in [-0.15, -0.1) is 13.2 Å². The highest BCUT2D eigenvalue weighted by Crippen LogP contribution is 2.27. The van der Waals surface area contributed by atoms with E-state index in [4.69, 9.17) is 28.4 Å². The number of Topliss-reactive ketones (excluding diaryl/α,β-unsaturated/α-hetero) is 1. The standard InChI is InChI=1S/C16H20O4.C16H18O4/c2*1-4-7-14-13(8-5-10-16(14)19-3)15(17)9-6-11-20-12-18-2/h4-5,8,10,15,17H,1,7,11-12H2,2-3H3;4-5,8,10H,1,7,11-12H2,2-3H3. The van der Waals surface area contributed by atoms with Gasteiger partial charge in [-0.1, -0.05) is 48.1 Å². The summed E-state index contributed by atoms with van der Waals surface area (Å²) in [5, 5.41) is 10.2. The first kappa shape index (κ1) is 34.1. The fourth-order valence-electron chi connectivity index (χ4n) is 3.47. The van der Waals surface area contributed by atoms with Crippen molar-refractivity contribution in [2.45, 2.75) is 18.9 Å². The molecular weight excluding hydrogens is 512 g/mol. The summed E-state index contributed by atoms with van der Waals surface area (Å²) in [5.41, 5.74) is 2.94. The molecule has 0 saturated heterocycles. The molecule has 1 atom stereocenters. The molecule has 0 heterocycles. The fourth-order valence-corrected chi connectivity index (χ4v) is 3.47. The smallest absolute Gasteiger partial charge is 0.236 e. The number of ether oxygens (including phenoxy) is 6. The third-order valence-electron chi connectivity index (χ3n) is 5.17. The number of ketones is 1. The molecular formula is C32H38O8. The highest BCUT2D eigenvalue weighted by Gasteiger charge is 2.14. The summed E-state index contributed by atoms with van der Waals surface area (Å²) in [7, 11) is 6.24. The van der Waals surface area contributed by atoms with E-state index in [2.05, 4.69) is 36.8 Å². The Bertz CT molecular complexity index is 1200. The highest BCUT2D eigenvalue weighted by atomic mass is 16.7. The Morgan fingerprint density at radius 3 is 1.98 bits per heavy atom. The summed E-state index contributed by atoms with van der Waals surface area (Å²) >= 11 is 0. The lowest BCUT2D eigenvalue weighted by molar-refractivity contribution is -0.0167. The quantitative estimate of drug-likeness (QED) is 0.0929. The number of benzene rings is 2. The molecule has 214 valence electrons. The molecule has 0 aromatic heterocycles. The minimum Gasteiger partial charge on any atom is -0.496 e. The Kier molecular flexibility index (Phi) is 17.9. The van der Waals surface area contributed by atoms with Crippen molar-refractivity contribution in [3.63, 3.8) is 0 Å². The van der Waals surface area contributed by atoms with Crippen LogP contribution in [0.2, 0.25) is 0 Å². The number of allylic oxidation sites excluding steroid dienone is 2. The van der Waals surface area contributed by atoms with Crippen LogP contribution >= 0.6 is 0 Å². The van der Waals surface area contributed by atoms with Gasteiger partial charge in [0.25, 0.3) is 0 Å². The molecule has 40 heavy (non-hydrogen) atoms. The average molecular weight is 551 g/mol. The Hall–Kier alpha value is -3.89. The monoisotopic (exact) mass is 550 g/mol. The number of hydrogen-bond donors (Lipinski definition) is 1. The molecule has 0 saturated carbocycles. The first-order valence-electron chi connectivity index (χ1n) is 12.3. The van der Waals surface area contributed by atoms with Gasteiger partial charge in [0.2, 0.25) is 5.78 Å².